The second kappa shape index (κ2) is 4.59. The average Bonchev–Trinajstić information content (AvgIpc) is 2.71. The van der Waals surface area contributed by atoms with Gasteiger partial charge in [0.1, 0.15) is 5.75 Å². The van der Waals surface area contributed by atoms with Crippen molar-refractivity contribution in [1.82, 2.24) is 4.90 Å². The van der Waals surface area contributed by atoms with Crippen LogP contribution in [0.5, 0.6) is 5.75 Å². The molecule has 0 bridgehead atoms. The topological polar surface area (TPSA) is 40.5 Å². The summed E-state index contributed by atoms with van der Waals surface area (Å²) in [4.78, 5) is 13.9. The molecule has 1 aliphatic heterocycles. The van der Waals surface area contributed by atoms with Gasteiger partial charge in [-0.2, -0.15) is 0 Å². The lowest BCUT2D eigenvalue weighted by Gasteiger charge is -2.15. The van der Waals surface area contributed by atoms with Gasteiger partial charge in [-0.05, 0) is 29.3 Å². The van der Waals surface area contributed by atoms with Crippen LogP contribution >= 0.6 is 11.6 Å². The van der Waals surface area contributed by atoms with E-state index in [4.69, 9.17) is 11.6 Å². The molecule has 4 heteroatoms. The second-order valence-corrected chi connectivity index (χ2v) is 5.04. The van der Waals surface area contributed by atoms with E-state index in [2.05, 4.69) is 0 Å². The van der Waals surface area contributed by atoms with Crippen molar-refractivity contribution in [2.24, 2.45) is 0 Å². The van der Waals surface area contributed by atoms with Crippen molar-refractivity contribution < 1.29 is 9.90 Å². The lowest BCUT2D eigenvalue weighted by Crippen LogP contribution is -2.23. The smallest absolute Gasteiger partial charge is 0.258 e. The SMILES string of the molecule is O=C1c2c(O)cccc2CN1Cc1ccc(Cl)cc1. The number of hydrogen-bond acceptors (Lipinski definition) is 2. The molecule has 0 spiro atoms. The predicted octanol–water partition coefficient (Wildman–Crippen LogP) is 3.20. The number of carbonyl (C=O) groups excluding carboxylic acids is 1. The Morgan fingerprint density at radius 2 is 1.89 bits per heavy atom. The summed E-state index contributed by atoms with van der Waals surface area (Å²) >= 11 is 5.84. The quantitative estimate of drug-likeness (QED) is 0.913. The molecule has 1 N–H and O–H groups in total. The van der Waals surface area contributed by atoms with E-state index in [0.29, 0.717) is 23.7 Å². The zero-order valence-corrected chi connectivity index (χ0v) is 10.9. The molecule has 1 amide bonds. The van der Waals surface area contributed by atoms with E-state index in [-0.39, 0.29) is 11.7 Å². The van der Waals surface area contributed by atoms with Crippen LogP contribution in [0.2, 0.25) is 5.02 Å². The monoisotopic (exact) mass is 273 g/mol. The van der Waals surface area contributed by atoms with E-state index in [1.54, 1.807) is 17.0 Å². The van der Waals surface area contributed by atoms with Crippen LogP contribution in [-0.2, 0) is 13.1 Å². The standard InChI is InChI=1S/C15H12ClNO2/c16-12-6-4-10(5-7-12)8-17-9-11-2-1-3-13(18)14(11)15(17)19/h1-7,18H,8-9H2. The Balaban J connectivity index is 1.84. The van der Waals surface area contributed by atoms with Crippen LogP contribution < -0.4 is 0 Å². The Labute approximate surface area is 116 Å². The minimum atomic E-state index is -0.122. The van der Waals surface area contributed by atoms with Crippen LogP contribution in [0.1, 0.15) is 21.5 Å². The second-order valence-electron chi connectivity index (χ2n) is 4.60. The number of carbonyl (C=O) groups is 1. The summed E-state index contributed by atoms with van der Waals surface area (Å²) in [7, 11) is 0. The molecule has 0 atom stereocenters. The molecule has 3 rings (SSSR count). The molecule has 0 fully saturated rings. The van der Waals surface area contributed by atoms with Gasteiger partial charge in [0.15, 0.2) is 0 Å². The predicted molar refractivity (Wildman–Crippen MR) is 73.1 cm³/mol. The number of amides is 1. The van der Waals surface area contributed by atoms with Gasteiger partial charge in [0.2, 0.25) is 0 Å². The van der Waals surface area contributed by atoms with Gasteiger partial charge in [-0.15, -0.1) is 0 Å². The molecule has 0 aromatic heterocycles. The van der Waals surface area contributed by atoms with Gasteiger partial charge in [0.25, 0.3) is 5.91 Å². The maximum absolute atomic E-state index is 12.2. The van der Waals surface area contributed by atoms with Gasteiger partial charge in [0.05, 0.1) is 5.56 Å². The summed E-state index contributed by atoms with van der Waals surface area (Å²) in [5.74, 6) is -0.0656. The first-order chi connectivity index (χ1) is 9.15. The molecule has 0 aliphatic carbocycles. The summed E-state index contributed by atoms with van der Waals surface area (Å²) in [6, 6.07) is 12.6. The van der Waals surface area contributed by atoms with Gasteiger partial charge in [-0.1, -0.05) is 35.9 Å². The number of halogens is 1. The fraction of sp³-hybridized carbons (Fsp3) is 0.133. The lowest BCUT2D eigenvalue weighted by atomic mass is 10.1. The summed E-state index contributed by atoms with van der Waals surface area (Å²) < 4.78 is 0. The fourth-order valence-electron chi connectivity index (χ4n) is 2.34. The van der Waals surface area contributed by atoms with E-state index in [1.807, 2.05) is 30.3 Å². The van der Waals surface area contributed by atoms with Crippen molar-refractivity contribution in [1.29, 1.82) is 0 Å². The highest BCUT2D eigenvalue weighted by molar-refractivity contribution is 6.30. The molecule has 19 heavy (non-hydrogen) atoms. The third kappa shape index (κ3) is 2.17. The first-order valence-electron chi connectivity index (χ1n) is 6.00. The first-order valence-corrected chi connectivity index (χ1v) is 6.37. The van der Waals surface area contributed by atoms with E-state index < -0.39 is 0 Å². The molecular weight excluding hydrogens is 262 g/mol. The third-order valence-electron chi connectivity index (χ3n) is 3.28. The number of rotatable bonds is 2. The molecule has 0 radical (unpaired) electrons. The van der Waals surface area contributed by atoms with Crippen LogP contribution in [0.4, 0.5) is 0 Å². The van der Waals surface area contributed by atoms with Gasteiger partial charge >= 0.3 is 0 Å². The van der Waals surface area contributed by atoms with Crippen LogP contribution in [0, 0.1) is 0 Å². The number of hydrogen-bond donors (Lipinski definition) is 1. The minimum Gasteiger partial charge on any atom is -0.507 e. The molecule has 96 valence electrons. The summed E-state index contributed by atoms with van der Waals surface area (Å²) in [5, 5.41) is 10.4. The Kier molecular flexibility index (Phi) is 2.91. The molecule has 2 aromatic rings. The molecule has 3 nitrogen and oxygen atoms in total. The number of phenols is 1. The first kappa shape index (κ1) is 12.1. The fourth-order valence-corrected chi connectivity index (χ4v) is 2.46. The third-order valence-corrected chi connectivity index (χ3v) is 3.53. The number of fused-ring (bicyclic) bond motifs is 1. The zero-order valence-electron chi connectivity index (χ0n) is 10.1. The van der Waals surface area contributed by atoms with Crippen molar-refractivity contribution in [2.45, 2.75) is 13.1 Å². The average molecular weight is 274 g/mol. The van der Waals surface area contributed by atoms with Crippen LogP contribution in [0.3, 0.4) is 0 Å². The minimum absolute atomic E-state index is 0.0566. The zero-order chi connectivity index (χ0) is 13.4. The molecule has 0 saturated heterocycles. The highest BCUT2D eigenvalue weighted by Gasteiger charge is 2.29. The number of benzene rings is 2. The van der Waals surface area contributed by atoms with Gasteiger partial charge < -0.3 is 10.0 Å². The Morgan fingerprint density at radius 1 is 1.16 bits per heavy atom. The van der Waals surface area contributed by atoms with Gasteiger partial charge in [0, 0.05) is 18.1 Å². The molecule has 0 unspecified atom stereocenters. The Hall–Kier alpha value is -2.00. The summed E-state index contributed by atoms with van der Waals surface area (Å²) in [6.45, 7) is 1.05. The van der Waals surface area contributed by atoms with Gasteiger partial charge in [-0.25, -0.2) is 0 Å². The largest absolute Gasteiger partial charge is 0.507 e. The molecule has 1 heterocycles. The van der Waals surface area contributed by atoms with Crippen LogP contribution in [0.15, 0.2) is 42.5 Å². The van der Waals surface area contributed by atoms with Crippen molar-refractivity contribution in [3.63, 3.8) is 0 Å². The summed E-state index contributed by atoms with van der Waals surface area (Å²) in [5.41, 5.74) is 2.32. The van der Waals surface area contributed by atoms with Crippen molar-refractivity contribution in [2.75, 3.05) is 0 Å². The highest BCUT2D eigenvalue weighted by atomic mass is 35.5. The van der Waals surface area contributed by atoms with Crippen LogP contribution in [0.25, 0.3) is 0 Å². The molecule has 2 aromatic carbocycles. The van der Waals surface area contributed by atoms with Gasteiger partial charge in [-0.3, -0.25) is 4.79 Å². The molecule has 0 saturated carbocycles. The summed E-state index contributed by atoms with van der Waals surface area (Å²) in [6.07, 6.45) is 0. The van der Waals surface area contributed by atoms with Crippen molar-refractivity contribution in [3.8, 4) is 5.75 Å². The maximum atomic E-state index is 12.2. The van der Waals surface area contributed by atoms with Crippen LogP contribution in [-0.4, -0.2) is 15.9 Å². The van der Waals surface area contributed by atoms with Crippen molar-refractivity contribution in [3.05, 3.63) is 64.2 Å². The van der Waals surface area contributed by atoms with Crippen molar-refractivity contribution >= 4 is 17.5 Å². The highest BCUT2D eigenvalue weighted by Crippen LogP contribution is 2.30. The van der Waals surface area contributed by atoms with E-state index in [9.17, 15) is 9.90 Å². The van der Waals surface area contributed by atoms with E-state index in [0.717, 1.165) is 11.1 Å². The Morgan fingerprint density at radius 3 is 2.58 bits per heavy atom. The molecule has 1 aliphatic rings. The number of aromatic hydroxyl groups is 1. The number of phenolic OH excluding ortho intramolecular Hbond substituents is 1. The maximum Gasteiger partial charge on any atom is 0.258 e. The van der Waals surface area contributed by atoms with E-state index >= 15 is 0 Å². The molecular formula is C15H12ClNO2. The number of nitrogens with zero attached hydrogens (tertiary/aromatic N) is 1. The normalized spacial score (nSPS) is 13.7. The lowest BCUT2D eigenvalue weighted by molar-refractivity contribution is 0.0764. The Bertz CT molecular complexity index is 637. The van der Waals surface area contributed by atoms with E-state index in [1.165, 1.54) is 0 Å².